The first kappa shape index (κ1) is 25.4. The Balaban J connectivity index is 1.63. The van der Waals surface area contributed by atoms with Crippen molar-refractivity contribution in [2.45, 2.75) is 26.2 Å². The minimum Gasteiger partial charge on any atom is -0.448 e. The van der Waals surface area contributed by atoms with Gasteiger partial charge in [0.25, 0.3) is 5.91 Å². The normalized spacial score (nSPS) is 13.7. The number of hydrogen-bond acceptors (Lipinski definition) is 7. The molecule has 2 amide bonds. The number of guanidine groups is 1. The van der Waals surface area contributed by atoms with Gasteiger partial charge in [-0.05, 0) is 67.8 Å². The van der Waals surface area contributed by atoms with Crippen molar-refractivity contribution in [1.82, 2.24) is 10.0 Å². The van der Waals surface area contributed by atoms with E-state index in [1.165, 1.54) is 6.08 Å². The second kappa shape index (κ2) is 12.3. The van der Waals surface area contributed by atoms with E-state index in [2.05, 4.69) is 4.99 Å². The Kier molecular flexibility index (Phi) is 8.96. The van der Waals surface area contributed by atoms with Crippen LogP contribution >= 0.6 is 0 Å². The van der Waals surface area contributed by atoms with Crippen LogP contribution < -0.4 is 16.2 Å². The number of rotatable bonds is 7. The molecule has 1 aliphatic heterocycles. The fourth-order valence-electron chi connectivity index (χ4n) is 3.48. The fourth-order valence-corrected chi connectivity index (χ4v) is 3.48. The van der Waals surface area contributed by atoms with Crippen LogP contribution in [0.3, 0.4) is 0 Å². The predicted molar refractivity (Wildman–Crippen MR) is 132 cm³/mol. The van der Waals surface area contributed by atoms with Gasteiger partial charge in [0.2, 0.25) is 0 Å². The van der Waals surface area contributed by atoms with Gasteiger partial charge in [0.05, 0.1) is 17.9 Å². The predicted octanol–water partition coefficient (Wildman–Crippen LogP) is 3.21. The molecule has 0 bridgehead atoms. The average molecular weight is 480 g/mol. The van der Waals surface area contributed by atoms with Crippen LogP contribution in [0, 0.1) is 0 Å². The molecule has 0 saturated carbocycles. The molecule has 0 aliphatic carbocycles. The highest BCUT2D eigenvalue weighted by atomic mass is 16.6. The molecule has 10 heteroatoms. The number of piperidine rings is 1. The SMILES string of the molecule is CCOC(=O)N(C(=O)C=Cc1ccc(C(=O)Oc2ccc(N=C(N)N)cc2)cc1)N1CCCCC1. The van der Waals surface area contributed by atoms with Gasteiger partial charge in [-0.25, -0.2) is 19.6 Å². The summed E-state index contributed by atoms with van der Waals surface area (Å²) in [6, 6.07) is 12.9. The van der Waals surface area contributed by atoms with Crippen LogP contribution in [0.15, 0.2) is 59.6 Å². The third-order valence-corrected chi connectivity index (χ3v) is 5.14. The van der Waals surface area contributed by atoms with Gasteiger partial charge in [0.15, 0.2) is 5.96 Å². The minimum atomic E-state index is -0.687. The molecule has 2 aromatic carbocycles. The van der Waals surface area contributed by atoms with E-state index in [-0.39, 0.29) is 12.6 Å². The lowest BCUT2D eigenvalue weighted by molar-refractivity contribution is -0.140. The summed E-state index contributed by atoms with van der Waals surface area (Å²) in [4.78, 5) is 41.5. The topological polar surface area (TPSA) is 141 Å². The first-order valence-corrected chi connectivity index (χ1v) is 11.3. The molecule has 0 unspecified atom stereocenters. The van der Waals surface area contributed by atoms with Crippen molar-refractivity contribution < 1.29 is 23.9 Å². The van der Waals surface area contributed by atoms with Crippen LogP contribution in [0.4, 0.5) is 10.5 Å². The molecule has 184 valence electrons. The third kappa shape index (κ3) is 7.41. The number of hydrazine groups is 1. The van der Waals surface area contributed by atoms with E-state index in [4.69, 9.17) is 20.9 Å². The number of carbonyl (C=O) groups is 3. The lowest BCUT2D eigenvalue weighted by atomic mass is 10.1. The van der Waals surface area contributed by atoms with Gasteiger partial charge in [-0.2, -0.15) is 5.01 Å². The Bertz CT molecular complexity index is 1090. The molecule has 0 aromatic heterocycles. The Hall–Kier alpha value is -4.18. The third-order valence-electron chi connectivity index (χ3n) is 5.14. The summed E-state index contributed by atoms with van der Waals surface area (Å²) in [5, 5.41) is 2.78. The monoisotopic (exact) mass is 479 g/mol. The minimum absolute atomic E-state index is 0.0642. The van der Waals surface area contributed by atoms with Crippen molar-refractivity contribution in [2.24, 2.45) is 16.5 Å². The van der Waals surface area contributed by atoms with E-state index in [0.717, 1.165) is 24.3 Å². The quantitative estimate of drug-likeness (QED) is 0.203. The number of nitrogens with zero attached hydrogens (tertiary/aromatic N) is 3. The average Bonchev–Trinajstić information content (AvgIpc) is 2.85. The highest BCUT2D eigenvalue weighted by Gasteiger charge is 2.29. The molecule has 1 fully saturated rings. The highest BCUT2D eigenvalue weighted by Crippen LogP contribution is 2.19. The van der Waals surface area contributed by atoms with Gasteiger partial charge in [0.1, 0.15) is 5.75 Å². The van der Waals surface area contributed by atoms with Crippen molar-refractivity contribution in [1.29, 1.82) is 0 Å². The zero-order chi connectivity index (χ0) is 25.2. The van der Waals surface area contributed by atoms with Crippen molar-refractivity contribution in [3.8, 4) is 5.75 Å². The van der Waals surface area contributed by atoms with Crippen molar-refractivity contribution in [2.75, 3.05) is 19.7 Å². The van der Waals surface area contributed by atoms with Gasteiger partial charge >= 0.3 is 12.1 Å². The van der Waals surface area contributed by atoms with Crippen LogP contribution in [-0.4, -0.2) is 53.6 Å². The largest absolute Gasteiger partial charge is 0.448 e. The smallest absolute Gasteiger partial charge is 0.431 e. The van der Waals surface area contributed by atoms with E-state index in [1.54, 1.807) is 66.5 Å². The summed E-state index contributed by atoms with van der Waals surface area (Å²) >= 11 is 0. The van der Waals surface area contributed by atoms with Gasteiger partial charge in [-0.3, -0.25) is 4.79 Å². The van der Waals surface area contributed by atoms with E-state index in [1.807, 2.05) is 0 Å². The lowest BCUT2D eigenvalue weighted by Crippen LogP contribution is -2.51. The van der Waals surface area contributed by atoms with Crippen LogP contribution in [0.1, 0.15) is 42.1 Å². The number of benzene rings is 2. The van der Waals surface area contributed by atoms with E-state index >= 15 is 0 Å². The molecular formula is C25H29N5O5. The standard InChI is InChI=1S/C25H29N5O5/c1-2-34-25(33)30(29-16-4-3-5-17-29)22(31)15-8-18-6-9-19(10-7-18)23(32)35-21-13-11-20(12-14-21)28-24(26)27/h6-15H,2-5,16-17H2,1H3,(H4,26,27,28). The van der Waals surface area contributed by atoms with Gasteiger partial charge in [-0.1, -0.05) is 18.6 Å². The van der Waals surface area contributed by atoms with Crippen LogP contribution in [0.5, 0.6) is 5.75 Å². The molecule has 1 aliphatic rings. The number of esters is 1. The molecule has 1 saturated heterocycles. The first-order chi connectivity index (χ1) is 16.9. The van der Waals surface area contributed by atoms with Crippen molar-refractivity contribution in [3.05, 3.63) is 65.7 Å². The van der Waals surface area contributed by atoms with Crippen molar-refractivity contribution in [3.63, 3.8) is 0 Å². The summed E-state index contributed by atoms with van der Waals surface area (Å²) in [5.74, 6) is -0.746. The number of amides is 2. The molecule has 4 N–H and O–H groups in total. The number of ether oxygens (including phenoxy) is 2. The molecule has 10 nitrogen and oxygen atoms in total. The Labute approximate surface area is 203 Å². The number of hydrogen-bond donors (Lipinski definition) is 2. The van der Waals surface area contributed by atoms with Crippen LogP contribution in [-0.2, 0) is 9.53 Å². The zero-order valence-electron chi connectivity index (χ0n) is 19.6. The molecule has 1 heterocycles. The van der Waals surface area contributed by atoms with E-state index in [9.17, 15) is 14.4 Å². The molecular weight excluding hydrogens is 450 g/mol. The second-order valence-corrected chi connectivity index (χ2v) is 7.74. The molecule has 3 rings (SSSR count). The number of imide groups is 1. The maximum atomic E-state index is 12.8. The Morgan fingerprint density at radius 2 is 1.66 bits per heavy atom. The van der Waals surface area contributed by atoms with Crippen molar-refractivity contribution >= 4 is 35.7 Å². The van der Waals surface area contributed by atoms with E-state index in [0.29, 0.717) is 35.7 Å². The number of aliphatic imine (C=N–C) groups is 1. The Morgan fingerprint density at radius 3 is 2.26 bits per heavy atom. The van der Waals surface area contributed by atoms with Gasteiger partial charge in [0, 0.05) is 19.2 Å². The van der Waals surface area contributed by atoms with Gasteiger partial charge < -0.3 is 20.9 Å². The summed E-state index contributed by atoms with van der Waals surface area (Å²) in [7, 11) is 0. The maximum Gasteiger partial charge on any atom is 0.431 e. The summed E-state index contributed by atoms with van der Waals surface area (Å²) in [6.45, 7) is 3.11. The summed E-state index contributed by atoms with van der Waals surface area (Å²) in [6.07, 6.45) is 5.09. The van der Waals surface area contributed by atoms with Gasteiger partial charge in [-0.15, -0.1) is 0 Å². The van der Waals surface area contributed by atoms with Crippen LogP contribution in [0.2, 0.25) is 0 Å². The first-order valence-electron chi connectivity index (χ1n) is 11.3. The van der Waals surface area contributed by atoms with E-state index < -0.39 is 18.0 Å². The highest BCUT2D eigenvalue weighted by molar-refractivity contribution is 6.00. The second-order valence-electron chi connectivity index (χ2n) is 7.74. The fraction of sp³-hybridized carbons (Fsp3) is 0.280. The molecule has 2 aromatic rings. The maximum absolute atomic E-state index is 12.8. The zero-order valence-corrected chi connectivity index (χ0v) is 19.6. The number of carbonyl (C=O) groups excluding carboxylic acids is 3. The Morgan fingerprint density at radius 1 is 1.00 bits per heavy atom. The van der Waals surface area contributed by atoms with Crippen LogP contribution in [0.25, 0.3) is 6.08 Å². The lowest BCUT2D eigenvalue weighted by Gasteiger charge is -2.34. The summed E-state index contributed by atoms with van der Waals surface area (Å²) in [5.41, 5.74) is 12.2. The molecule has 0 spiro atoms. The molecule has 0 radical (unpaired) electrons. The summed E-state index contributed by atoms with van der Waals surface area (Å²) < 4.78 is 10.4. The molecule has 35 heavy (non-hydrogen) atoms. The number of nitrogens with two attached hydrogens (primary N) is 2. The molecule has 0 atom stereocenters.